The van der Waals surface area contributed by atoms with Crippen LogP contribution in [0.1, 0.15) is 32.1 Å². The van der Waals surface area contributed by atoms with E-state index in [0.29, 0.717) is 21.3 Å². The van der Waals surface area contributed by atoms with E-state index in [1.54, 1.807) is 31.4 Å². The van der Waals surface area contributed by atoms with Gasteiger partial charge in [-0.3, -0.25) is 4.79 Å². The van der Waals surface area contributed by atoms with Gasteiger partial charge in [-0.05, 0) is 54.0 Å². The number of ketones is 1. The zero-order valence-corrected chi connectivity index (χ0v) is 15.1. The van der Waals surface area contributed by atoms with Gasteiger partial charge in [0, 0.05) is 24.0 Å². The Kier molecular flexibility index (Phi) is 5.26. The molecule has 0 atom stereocenters. The van der Waals surface area contributed by atoms with Gasteiger partial charge in [0.25, 0.3) is 0 Å². The Hall–Kier alpha value is -2.08. The van der Waals surface area contributed by atoms with Crippen molar-refractivity contribution < 1.29 is 19.1 Å². The molecule has 0 saturated heterocycles. The topological polar surface area (TPSA) is 57.5 Å². The molecule has 5 nitrogen and oxygen atoms in total. The molecule has 2 rings (SSSR count). The molecule has 0 bridgehead atoms. The van der Waals surface area contributed by atoms with E-state index < -0.39 is 5.97 Å². The van der Waals surface area contributed by atoms with Crippen LogP contribution in [0.15, 0.2) is 28.7 Å². The van der Waals surface area contributed by atoms with Gasteiger partial charge < -0.3 is 14.0 Å². The normalized spacial score (nSPS) is 10.5. The lowest BCUT2D eigenvalue weighted by atomic mass is 10.1. The molecule has 0 aliphatic carbocycles. The quantitative estimate of drug-likeness (QED) is 0.589. The Labute approximate surface area is 143 Å². The molecular formula is C17H18BrNO4. The van der Waals surface area contributed by atoms with Crippen molar-refractivity contribution in [2.24, 2.45) is 7.05 Å². The van der Waals surface area contributed by atoms with E-state index in [4.69, 9.17) is 9.47 Å². The van der Waals surface area contributed by atoms with Gasteiger partial charge >= 0.3 is 5.97 Å². The van der Waals surface area contributed by atoms with Crippen LogP contribution in [0, 0.1) is 13.8 Å². The number of halogens is 1. The van der Waals surface area contributed by atoms with Crippen LogP contribution in [0.4, 0.5) is 0 Å². The average Bonchev–Trinajstić information content (AvgIpc) is 2.79. The highest BCUT2D eigenvalue weighted by Gasteiger charge is 2.17. The Bertz CT molecular complexity index is 764. The highest BCUT2D eigenvalue weighted by Crippen LogP contribution is 2.25. The van der Waals surface area contributed by atoms with Crippen LogP contribution in [-0.2, 0) is 11.8 Å². The molecule has 1 aromatic carbocycles. The van der Waals surface area contributed by atoms with Gasteiger partial charge in [0.2, 0.25) is 5.78 Å². The first-order chi connectivity index (χ1) is 10.8. The highest BCUT2D eigenvalue weighted by atomic mass is 79.9. The number of rotatable bonds is 5. The lowest BCUT2D eigenvalue weighted by molar-refractivity contribution is 0.0474. The highest BCUT2D eigenvalue weighted by molar-refractivity contribution is 9.10. The molecule has 0 amide bonds. The van der Waals surface area contributed by atoms with E-state index in [9.17, 15) is 9.59 Å². The third-order valence-corrected chi connectivity index (χ3v) is 4.42. The lowest BCUT2D eigenvalue weighted by Gasteiger charge is -2.07. The fourth-order valence-electron chi connectivity index (χ4n) is 2.22. The number of aryl methyl sites for hydroxylation is 1. The average molecular weight is 380 g/mol. The minimum atomic E-state index is -0.549. The number of ether oxygens (including phenoxy) is 2. The van der Waals surface area contributed by atoms with E-state index in [1.165, 1.54) is 0 Å². The second-order valence-electron chi connectivity index (χ2n) is 5.19. The second kappa shape index (κ2) is 7.00. The summed E-state index contributed by atoms with van der Waals surface area (Å²) in [5.74, 6) is -0.146. The number of aromatic nitrogens is 1. The van der Waals surface area contributed by atoms with Gasteiger partial charge in [0.1, 0.15) is 5.75 Å². The maximum Gasteiger partial charge on any atom is 0.338 e. The molecule has 0 spiro atoms. The third kappa shape index (κ3) is 3.64. The van der Waals surface area contributed by atoms with Gasteiger partial charge in [-0.1, -0.05) is 0 Å². The van der Waals surface area contributed by atoms with Crippen molar-refractivity contribution in [1.82, 2.24) is 4.57 Å². The van der Waals surface area contributed by atoms with E-state index in [0.717, 1.165) is 11.4 Å². The number of hydrogen-bond acceptors (Lipinski definition) is 4. The summed E-state index contributed by atoms with van der Waals surface area (Å²) in [4.78, 5) is 24.3. The minimum absolute atomic E-state index is 0.216. The standard InChI is InChI=1S/C17H18BrNO4/c1-10-7-13(11(2)19(10)3)15(20)9-23-17(21)12-5-6-16(22-4)14(18)8-12/h5-8H,9H2,1-4H3. The fourth-order valence-corrected chi connectivity index (χ4v) is 2.76. The number of hydrogen-bond donors (Lipinski definition) is 0. The molecule has 23 heavy (non-hydrogen) atoms. The number of methoxy groups -OCH3 is 1. The molecule has 0 radical (unpaired) electrons. The summed E-state index contributed by atoms with van der Waals surface area (Å²) in [6.07, 6.45) is 0. The Balaban J connectivity index is 2.05. The van der Waals surface area contributed by atoms with Crippen molar-refractivity contribution >= 4 is 27.7 Å². The number of carbonyl (C=O) groups is 2. The molecule has 1 aromatic heterocycles. The van der Waals surface area contributed by atoms with Crippen LogP contribution in [0.5, 0.6) is 5.75 Å². The predicted molar refractivity (Wildman–Crippen MR) is 90.2 cm³/mol. The van der Waals surface area contributed by atoms with E-state index in [-0.39, 0.29) is 12.4 Å². The van der Waals surface area contributed by atoms with Crippen molar-refractivity contribution in [2.75, 3.05) is 13.7 Å². The molecule has 0 N–H and O–H groups in total. The molecule has 122 valence electrons. The first-order valence-corrected chi connectivity index (χ1v) is 7.81. The summed E-state index contributed by atoms with van der Waals surface area (Å²) in [7, 11) is 3.43. The summed E-state index contributed by atoms with van der Waals surface area (Å²) >= 11 is 3.31. The summed E-state index contributed by atoms with van der Waals surface area (Å²) in [5, 5.41) is 0. The van der Waals surface area contributed by atoms with Gasteiger partial charge in [-0.15, -0.1) is 0 Å². The Morgan fingerprint density at radius 1 is 1.22 bits per heavy atom. The van der Waals surface area contributed by atoms with Crippen LogP contribution >= 0.6 is 15.9 Å². The van der Waals surface area contributed by atoms with E-state index >= 15 is 0 Å². The maximum absolute atomic E-state index is 12.2. The summed E-state index contributed by atoms with van der Waals surface area (Å²) in [6.45, 7) is 3.50. The lowest BCUT2D eigenvalue weighted by Crippen LogP contribution is -2.15. The van der Waals surface area contributed by atoms with Crippen LogP contribution in [0.25, 0.3) is 0 Å². The van der Waals surface area contributed by atoms with Crippen molar-refractivity contribution in [2.45, 2.75) is 13.8 Å². The molecule has 0 aliphatic rings. The molecule has 0 fully saturated rings. The molecule has 6 heteroatoms. The fraction of sp³-hybridized carbons (Fsp3) is 0.294. The van der Waals surface area contributed by atoms with Gasteiger partial charge in [0.05, 0.1) is 17.1 Å². The maximum atomic E-state index is 12.2. The largest absolute Gasteiger partial charge is 0.496 e. The molecular weight excluding hydrogens is 362 g/mol. The van der Waals surface area contributed by atoms with Crippen molar-refractivity contribution in [3.63, 3.8) is 0 Å². The number of esters is 1. The van der Waals surface area contributed by atoms with Gasteiger partial charge in [-0.25, -0.2) is 4.79 Å². The summed E-state index contributed by atoms with van der Waals surface area (Å²) in [5.41, 5.74) is 2.77. The first kappa shape index (κ1) is 17.3. The molecule has 2 aromatic rings. The molecule has 0 aliphatic heterocycles. The summed E-state index contributed by atoms with van der Waals surface area (Å²) < 4.78 is 12.8. The molecule has 0 saturated carbocycles. The zero-order valence-electron chi connectivity index (χ0n) is 13.5. The van der Waals surface area contributed by atoms with Crippen molar-refractivity contribution in [3.8, 4) is 5.75 Å². The van der Waals surface area contributed by atoms with Crippen molar-refractivity contribution in [1.29, 1.82) is 0 Å². The second-order valence-corrected chi connectivity index (χ2v) is 6.05. The smallest absolute Gasteiger partial charge is 0.338 e. The first-order valence-electron chi connectivity index (χ1n) is 7.02. The van der Waals surface area contributed by atoms with Crippen LogP contribution in [0.2, 0.25) is 0 Å². The van der Waals surface area contributed by atoms with Crippen molar-refractivity contribution in [3.05, 3.63) is 51.3 Å². The van der Waals surface area contributed by atoms with E-state index in [1.807, 2.05) is 25.5 Å². The monoisotopic (exact) mass is 379 g/mol. The Morgan fingerprint density at radius 3 is 2.43 bits per heavy atom. The summed E-state index contributed by atoms with van der Waals surface area (Å²) in [6, 6.07) is 6.65. The zero-order chi connectivity index (χ0) is 17.1. The Morgan fingerprint density at radius 2 is 1.91 bits per heavy atom. The van der Waals surface area contributed by atoms with Crippen LogP contribution in [-0.4, -0.2) is 30.0 Å². The van der Waals surface area contributed by atoms with Crippen LogP contribution < -0.4 is 4.74 Å². The van der Waals surface area contributed by atoms with Crippen LogP contribution in [0.3, 0.4) is 0 Å². The third-order valence-electron chi connectivity index (χ3n) is 3.80. The number of benzene rings is 1. The minimum Gasteiger partial charge on any atom is -0.496 e. The van der Waals surface area contributed by atoms with Gasteiger partial charge in [-0.2, -0.15) is 0 Å². The number of Topliss-reactive ketones (excluding diaryl/α,β-unsaturated/α-hetero) is 1. The number of nitrogens with zero attached hydrogens (tertiary/aromatic N) is 1. The molecule has 1 heterocycles. The number of carbonyl (C=O) groups excluding carboxylic acids is 2. The molecule has 0 unspecified atom stereocenters. The SMILES string of the molecule is COc1ccc(C(=O)OCC(=O)c2cc(C)n(C)c2C)cc1Br. The predicted octanol–water partition coefficient (Wildman–Crippen LogP) is 3.45. The van der Waals surface area contributed by atoms with E-state index in [2.05, 4.69) is 15.9 Å². The van der Waals surface area contributed by atoms with Gasteiger partial charge in [0.15, 0.2) is 6.61 Å².